The van der Waals surface area contributed by atoms with Crippen molar-refractivity contribution in [3.63, 3.8) is 0 Å². The van der Waals surface area contributed by atoms with Crippen LogP contribution in [0.2, 0.25) is 0 Å². The Labute approximate surface area is 197 Å². The number of aromatic nitrogens is 1. The smallest absolute Gasteiger partial charge is 0.268 e. The van der Waals surface area contributed by atoms with Crippen molar-refractivity contribution in [1.29, 1.82) is 0 Å². The molecule has 4 nitrogen and oxygen atoms in total. The number of thioether (sulfide) groups is 1. The van der Waals surface area contributed by atoms with Crippen molar-refractivity contribution in [2.24, 2.45) is 7.05 Å². The van der Waals surface area contributed by atoms with E-state index in [9.17, 15) is 9.59 Å². The molecule has 1 aliphatic heterocycles. The Kier molecular flexibility index (Phi) is 5.88. The Bertz CT molecular complexity index is 1360. The van der Waals surface area contributed by atoms with Gasteiger partial charge in [0.2, 0.25) is 0 Å². The van der Waals surface area contributed by atoms with Crippen LogP contribution in [0, 0.1) is 0 Å². The molecule has 1 aliphatic rings. The number of amides is 2. The summed E-state index contributed by atoms with van der Waals surface area (Å²) in [6.45, 7) is 0.359. The highest BCUT2D eigenvalue weighted by atomic mass is 32.2. The van der Waals surface area contributed by atoms with Crippen molar-refractivity contribution in [1.82, 2.24) is 9.47 Å². The second-order valence-corrected chi connectivity index (χ2v) is 9.12. The van der Waals surface area contributed by atoms with Gasteiger partial charge in [0.25, 0.3) is 11.8 Å². The van der Waals surface area contributed by atoms with E-state index >= 15 is 0 Å². The molecule has 0 saturated carbocycles. The van der Waals surface area contributed by atoms with Crippen molar-refractivity contribution in [2.45, 2.75) is 12.2 Å². The maximum atomic E-state index is 13.5. The highest BCUT2D eigenvalue weighted by Gasteiger charge is 2.38. The van der Waals surface area contributed by atoms with E-state index < -0.39 is 0 Å². The van der Waals surface area contributed by atoms with E-state index in [4.69, 9.17) is 0 Å². The van der Waals surface area contributed by atoms with Crippen LogP contribution in [-0.4, -0.2) is 27.8 Å². The van der Waals surface area contributed by atoms with Gasteiger partial charge in [-0.05, 0) is 29.2 Å². The molecular weight excluding hydrogens is 428 g/mol. The minimum Gasteiger partial charge on any atom is -0.350 e. The SMILES string of the molecule is Cn1cc(CCN2C(=O)C(SCc3ccccc3)=C(c3ccccc3)C2=O)c2ccccc21. The number of nitrogens with zero attached hydrogens (tertiary/aromatic N) is 2. The lowest BCUT2D eigenvalue weighted by Crippen LogP contribution is -2.33. The molecule has 3 aromatic carbocycles. The molecule has 2 amide bonds. The molecule has 0 radical (unpaired) electrons. The van der Waals surface area contributed by atoms with E-state index in [-0.39, 0.29) is 11.8 Å². The van der Waals surface area contributed by atoms with Gasteiger partial charge >= 0.3 is 0 Å². The summed E-state index contributed by atoms with van der Waals surface area (Å²) in [4.78, 5) is 28.8. The molecule has 33 heavy (non-hydrogen) atoms. The molecule has 2 heterocycles. The average Bonchev–Trinajstić information content (AvgIpc) is 3.30. The Morgan fingerprint density at radius 2 is 1.45 bits per heavy atom. The third kappa shape index (κ3) is 4.12. The fourth-order valence-electron chi connectivity index (χ4n) is 4.34. The lowest BCUT2D eigenvalue weighted by atomic mass is 10.1. The van der Waals surface area contributed by atoms with E-state index in [1.807, 2.05) is 79.8 Å². The minimum atomic E-state index is -0.206. The van der Waals surface area contributed by atoms with Crippen LogP contribution in [0.1, 0.15) is 16.7 Å². The number of hydrogen-bond donors (Lipinski definition) is 0. The molecule has 4 aromatic rings. The Hall–Kier alpha value is -3.57. The fraction of sp³-hybridized carbons (Fsp3) is 0.143. The number of rotatable bonds is 7. The average molecular weight is 453 g/mol. The summed E-state index contributed by atoms with van der Waals surface area (Å²) < 4.78 is 2.09. The summed E-state index contributed by atoms with van der Waals surface area (Å²) in [5.41, 5.74) is 4.71. The zero-order valence-corrected chi connectivity index (χ0v) is 19.2. The van der Waals surface area contributed by atoms with Gasteiger partial charge in [0.1, 0.15) is 0 Å². The van der Waals surface area contributed by atoms with Crippen LogP contribution in [0.4, 0.5) is 0 Å². The van der Waals surface area contributed by atoms with Crippen LogP contribution in [0.15, 0.2) is 96.0 Å². The first kappa shape index (κ1) is 21.3. The number of imide groups is 1. The van der Waals surface area contributed by atoms with E-state index in [0.717, 1.165) is 27.6 Å². The maximum Gasteiger partial charge on any atom is 0.268 e. The number of hydrogen-bond acceptors (Lipinski definition) is 3. The lowest BCUT2D eigenvalue weighted by Gasteiger charge is -2.15. The first-order chi connectivity index (χ1) is 16.1. The quantitative estimate of drug-likeness (QED) is 0.351. The molecule has 0 bridgehead atoms. The molecule has 0 aliphatic carbocycles. The number of carbonyl (C=O) groups is 2. The van der Waals surface area contributed by atoms with Gasteiger partial charge in [0, 0.05) is 36.4 Å². The van der Waals surface area contributed by atoms with Gasteiger partial charge in [-0.3, -0.25) is 14.5 Å². The van der Waals surface area contributed by atoms with Crippen molar-refractivity contribution < 1.29 is 9.59 Å². The van der Waals surface area contributed by atoms with Gasteiger partial charge in [0.15, 0.2) is 0 Å². The monoisotopic (exact) mass is 452 g/mol. The van der Waals surface area contributed by atoms with Gasteiger partial charge < -0.3 is 4.57 Å². The minimum absolute atomic E-state index is 0.194. The van der Waals surface area contributed by atoms with Gasteiger partial charge in [-0.15, -0.1) is 11.8 Å². The van der Waals surface area contributed by atoms with Crippen LogP contribution in [0.3, 0.4) is 0 Å². The molecule has 0 atom stereocenters. The zero-order chi connectivity index (χ0) is 22.8. The standard InChI is InChI=1S/C28H24N2O2S/c1-29-18-22(23-14-8-9-15-24(23)29)16-17-30-27(31)25(21-12-6-3-7-13-21)26(28(30)32)33-19-20-10-4-2-5-11-20/h2-15,18H,16-17,19H2,1H3. The van der Waals surface area contributed by atoms with Crippen LogP contribution in [0.25, 0.3) is 16.5 Å². The predicted molar refractivity (Wildman–Crippen MR) is 134 cm³/mol. The molecule has 164 valence electrons. The van der Waals surface area contributed by atoms with Crippen molar-refractivity contribution in [2.75, 3.05) is 6.54 Å². The molecule has 0 fully saturated rings. The van der Waals surface area contributed by atoms with Gasteiger partial charge in [-0.2, -0.15) is 0 Å². The molecule has 5 rings (SSSR count). The van der Waals surface area contributed by atoms with Crippen LogP contribution < -0.4 is 0 Å². The number of benzene rings is 3. The van der Waals surface area contributed by atoms with Crippen LogP contribution in [0.5, 0.6) is 0 Å². The number of fused-ring (bicyclic) bond motifs is 1. The van der Waals surface area contributed by atoms with E-state index in [1.165, 1.54) is 16.7 Å². The predicted octanol–water partition coefficient (Wildman–Crippen LogP) is 5.43. The summed E-state index contributed by atoms with van der Waals surface area (Å²) >= 11 is 1.45. The highest BCUT2D eigenvalue weighted by Crippen LogP contribution is 2.37. The van der Waals surface area contributed by atoms with Crippen molar-refractivity contribution >= 4 is 40.1 Å². The number of para-hydroxylation sites is 1. The van der Waals surface area contributed by atoms with Crippen molar-refractivity contribution in [3.8, 4) is 0 Å². The van der Waals surface area contributed by atoms with Crippen LogP contribution >= 0.6 is 11.8 Å². The molecule has 0 unspecified atom stereocenters. The second kappa shape index (κ2) is 9.12. The Morgan fingerprint density at radius 3 is 2.21 bits per heavy atom. The van der Waals surface area contributed by atoms with Gasteiger partial charge in [-0.1, -0.05) is 78.9 Å². The first-order valence-corrected chi connectivity index (χ1v) is 12.0. The van der Waals surface area contributed by atoms with Gasteiger partial charge in [0.05, 0.1) is 10.5 Å². The Balaban J connectivity index is 1.42. The highest BCUT2D eigenvalue weighted by molar-refractivity contribution is 8.03. The largest absolute Gasteiger partial charge is 0.350 e. The third-order valence-electron chi connectivity index (χ3n) is 6.00. The molecule has 0 N–H and O–H groups in total. The molecule has 1 aromatic heterocycles. The first-order valence-electron chi connectivity index (χ1n) is 11.0. The molecular formula is C28H24N2O2S. The topological polar surface area (TPSA) is 42.3 Å². The van der Waals surface area contributed by atoms with Crippen LogP contribution in [-0.2, 0) is 28.8 Å². The number of carbonyl (C=O) groups excluding carboxylic acids is 2. The zero-order valence-electron chi connectivity index (χ0n) is 18.4. The summed E-state index contributed by atoms with van der Waals surface area (Å²) in [5.74, 6) is 0.241. The lowest BCUT2D eigenvalue weighted by molar-refractivity contribution is -0.136. The molecule has 5 heteroatoms. The summed E-state index contributed by atoms with van der Waals surface area (Å²) in [6, 6.07) is 27.8. The normalized spacial score (nSPS) is 14.0. The van der Waals surface area contributed by atoms with Crippen molar-refractivity contribution in [3.05, 3.63) is 113 Å². The number of aryl methyl sites for hydroxylation is 1. The maximum absolute atomic E-state index is 13.5. The third-order valence-corrected chi connectivity index (χ3v) is 7.14. The van der Waals surface area contributed by atoms with E-state index in [2.05, 4.69) is 22.9 Å². The fourth-order valence-corrected chi connectivity index (χ4v) is 5.42. The molecule has 0 spiro atoms. The van der Waals surface area contributed by atoms with E-state index in [1.54, 1.807) is 0 Å². The molecule has 0 saturated heterocycles. The van der Waals surface area contributed by atoms with Gasteiger partial charge in [-0.25, -0.2) is 0 Å². The summed E-state index contributed by atoms with van der Waals surface area (Å²) in [6.07, 6.45) is 2.71. The summed E-state index contributed by atoms with van der Waals surface area (Å²) in [5, 5.41) is 1.16. The second-order valence-electron chi connectivity index (χ2n) is 8.14. The Morgan fingerprint density at radius 1 is 0.788 bits per heavy atom. The summed E-state index contributed by atoms with van der Waals surface area (Å²) in [7, 11) is 2.02. The van der Waals surface area contributed by atoms with E-state index in [0.29, 0.717) is 29.2 Å².